The highest BCUT2D eigenvalue weighted by Crippen LogP contribution is 2.80. The van der Waals surface area contributed by atoms with Crippen LogP contribution >= 0.6 is 11.6 Å². The van der Waals surface area contributed by atoms with Crippen LogP contribution in [0, 0.1) is 39.5 Å². The van der Waals surface area contributed by atoms with Crippen molar-refractivity contribution in [3.63, 3.8) is 0 Å². The van der Waals surface area contributed by atoms with Gasteiger partial charge in [-0.15, -0.1) is 0 Å². The summed E-state index contributed by atoms with van der Waals surface area (Å²) in [5.41, 5.74) is -7.10. The van der Waals surface area contributed by atoms with E-state index in [4.69, 9.17) is 16.3 Å². The molecule has 29 heavy (non-hydrogen) atoms. The van der Waals surface area contributed by atoms with Gasteiger partial charge in [0.05, 0.1) is 12.0 Å². The van der Waals surface area contributed by atoms with Gasteiger partial charge in [0.1, 0.15) is 5.03 Å². The molecule has 0 aromatic heterocycles. The average molecular weight is 449 g/mol. The number of benzene rings is 1. The molecular weight excluding hydrogens is 433 g/mol. The Bertz CT molecular complexity index is 855. The van der Waals surface area contributed by atoms with Crippen LogP contribution in [0.2, 0.25) is 0 Å². The smallest absolute Gasteiger partial charge is 0.426 e. The molecule has 162 valence electrons. The quantitative estimate of drug-likeness (QED) is 0.480. The molecule has 0 aliphatic heterocycles. The van der Waals surface area contributed by atoms with Gasteiger partial charge in [-0.3, -0.25) is 4.79 Å². The molecule has 1 aliphatic rings. The lowest BCUT2D eigenvalue weighted by Crippen LogP contribution is -2.30. The molecule has 0 radical (unpaired) electrons. The zero-order chi connectivity index (χ0) is 22.6. The summed E-state index contributed by atoms with van der Waals surface area (Å²) < 4.78 is 99.4. The number of carboxylic acid groups (broad SMARTS) is 1. The predicted octanol–water partition coefficient (Wildman–Crippen LogP) is 5.21. The molecule has 0 spiro atoms. The first-order chi connectivity index (χ1) is 13.1. The normalized spacial score (nSPS) is 26.5. The van der Waals surface area contributed by atoms with Crippen molar-refractivity contribution < 1.29 is 45.4 Å². The van der Waals surface area contributed by atoms with Gasteiger partial charge in [0.2, 0.25) is 0 Å². The molecule has 1 N–H and O–H groups in total. The van der Waals surface area contributed by atoms with Crippen LogP contribution in [0.15, 0.2) is 17.2 Å². The predicted molar refractivity (Wildman–Crippen MR) is 88.1 cm³/mol. The molecule has 3 nitrogen and oxygen atoms in total. The Hall–Kier alpha value is -1.81. The third kappa shape index (κ3) is 3.20. The van der Waals surface area contributed by atoms with E-state index >= 15 is 0 Å². The standard InChI is InChI=1S/C18H16ClF7O3/c1-15(2)16(7-29-3,6-11(19)18(24,25)26)17(15,14(27)28)5-8-12(22)9(20)4-10(21)13(8)23/h4,6H,5,7H2,1-3H3,(H,27,28). The SMILES string of the molecule is COCC1(C=C(Cl)C(F)(F)F)C(C)(C)C1(Cc1c(F)c(F)cc(F)c1F)C(=O)O. The summed E-state index contributed by atoms with van der Waals surface area (Å²) in [7, 11) is 1.08. The fourth-order valence-corrected chi connectivity index (χ4v) is 4.41. The van der Waals surface area contributed by atoms with Crippen LogP contribution in [0.1, 0.15) is 19.4 Å². The van der Waals surface area contributed by atoms with E-state index in [0.29, 0.717) is 6.08 Å². The number of aliphatic carboxylic acids is 1. The van der Waals surface area contributed by atoms with Crippen LogP contribution in [-0.2, 0) is 16.0 Å². The first kappa shape index (κ1) is 23.5. The molecule has 2 unspecified atom stereocenters. The summed E-state index contributed by atoms with van der Waals surface area (Å²) in [4.78, 5) is 12.2. The molecule has 0 heterocycles. The summed E-state index contributed by atoms with van der Waals surface area (Å²) in [6.45, 7) is 1.87. The van der Waals surface area contributed by atoms with E-state index in [-0.39, 0.29) is 6.07 Å². The molecular formula is C18H16ClF7O3. The molecule has 1 fully saturated rings. The molecule has 0 amide bonds. The van der Waals surface area contributed by atoms with Crippen molar-refractivity contribution in [2.75, 3.05) is 13.7 Å². The van der Waals surface area contributed by atoms with Crippen LogP contribution < -0.4 is 0 Å². The molecule has 0 saturated heterocycles. The summed E-state index contributed by atoms with van der Waals surface area (Å²) in [5.74, 6) is -8.92. The topological polar surface area (TPSA) is 46.5 Å². The number of carboxylic acids is 1. The summed E-state index contributed by atoms with van der Waals surface area (Å²) >= 11 is 5.31. The Morgan fingerprint density at radius 1 is 1.17 bits per heavy atom. The Morgan fingerprint density at radius 2 is 1.66 bits per heavy atom. The Morgan fingerprint density at radius 3 is 2.03 bits per heavy atom. The van der Waals surface area contributed by atoms with E-state index in [1.54, 1.807) is 0 Å². The van der Waals surface area contributed by atoms with Crippen molar-refractivity contribution in [1.82, 2.24) is 0 Å². The van der Waals surface area contributed by atoms with Crippen LogP contribution in [0.5, 0.6) is 0 Å². The van der Waals surface area contributed by atoms with Crippen LogP contribution in [0.3, 0.4) is 0 Å². The second kappa shape index (κ2) is 7.16. The van der Waals surface area contributed by atoms with Crippen LogP contribution in [0.4, 0.5) is 30.7 Å². The van der Waals surface area contributed by atoms with E-state index in [1.165, 1.54) is 13.8 Å². The Balaban J connectivity index is 2.76. The fraction of sp³-hybridized carbons (Fsp3) is 0.500. The Labute approximate surface area is 166 Å². The van der Waals surface area contributed by atoms with Gasteiger partial charge < -0.3 is 9.84 Å². The number of hydrogen-bond acceptors (Lipinski definition) is 2. The lowest BCUT2D eigenvalue weighted by molar-refractivity contribution is -0.146. The van der Waals surface area contributed by atoms with E-state index in [0.717, 1.165) is 7.11 Å². The van der Waals surface area contributed by atoms with Crippen molar-refractivity contribution in [1.29, 1.82) is 0 Å². The average Bonchev–Trinajstić information content (AvgIpc) is 2.98. The zero-order valence-electron chi connectivity index (χ0n) is 15.4. The fourth-order valence-electron chi connectivity index (χ4n) is 4.23. The molecule has 2 atom stereocenters. The molecule has 1 aliphatic carbocycles. The maximum Gasteiger partial charge on any atom is 0.426 e. The number of hydrogen-bond donors (Lipinski definition) is 1. The van der Waals surface area contributed by atoms with E-state index in [2.05, 4.69) is 0 Å². The number of carbonyl (C=O) groups is 1. The van der Waals surface area contributed by atoms with E-state index < -0.39 is 75.3 Å². The number of allylic oxidation sites excluding steroid dienone is 1. The van der Waals surface area contributed by atoms with Gasteiger partial charge >= 0.3 is 12.1 Å². The molecule has 1 aromatic carbocycles. The second-order valence-electron chi connectivity index (χ2n) is 7.35. The zero-order valence-corrected chi connectivity index (χ0v) is 16.1. The van der Waals surface area contributed by atoms with Gasteiger partial charge in [-0.2, -0.15) is 13.2 Å². The lowest BCUT2D eigenvalue weighted by Gasteiger charge is -2.21. The first-order valence-corrected chi connectivity index (χ1v) is 8.48. The minimum atomic E-state index is -5.02. The van der Waals surface area contributed by atoms with Gasteiger partial charge in [0.25, 0.3) is 0 Å². The monoisotopic (exact) mass is 448 g/mol. The van der Waals surface area contributed by atoms with Gasteiger partial charge in [0.15, 0.2) is 23.3 Å². The molecule has 1 saturated carbocycles. The summed E-state index contributed by atoms with van der Waals surface area (Å²) in [6, 6.07) is -0.0531. The minimum absolute atomic E-state index is 0.0531. The third-order valence-electron chi connectivity index (χ3n) is 5.91. The van der Waals surface area contributed by atoms with Crippen molar-refractivity contribution in [3.8, 4) is 0 Å². The molecule has 2 rings (SSSR count). The van der Waals surface area contributed by atoms with Gasteiger partial charge in [0, 0.05) is 24.2 Å². The number of alkyl halides is 3. The van der Waals surface area contributed by atoms with Crippen molar-refractivity contribution in [2.24, 2.45) is 16.2 Å². The van der Waals surface area contributed by atoms with E-state index in [1.807, 2.05) is 0 Å². The number of halogens is 8. The van der Waals surface area contributed by atoms with Crippen molar-refractivity contribution in [3.05, 3.63) is 46.0 Å². The number of ether oxygens (including phenoxy) is 1. The highest BCUT2D eigenvalue weighted by atomic mass is 35.5. The first-order valence-electron chi connectivity index (χ1n) is 8.10. The maximum absolute atomic E-state index is 14.2. The van der Waals surface area contributed by atoms with Gasteiger partial charge in [-0.1, -0.05) is 31.5 Å². The Kier molecular flexibility index (Phi) is 5.79. The van der Waals surface area contributed by atoms with E-state index in [9.17, 15) is 40.6 Å². The lowest BCUT2D eigenvalue weighted by atomic mass is 9.85. The van der Waals surface area contributed by atoms with Gasteiger partial charge in [-0.25, -0.2) is 17.6 Å². The number of methoxy groups -OCH3 is 1. The molecule has 11 heteroatoms. The van der Waals surface area contributed by atoms with Crippen molar-refractivity contribution >= 4 is 17.6 Å². The third-order valence-corrected chi connectivity index (χ3v) is 6.23. The number of rotatable bonds is 6. The van der Waals surface area contributed by atoms with Crippen LogP contribution in [0.25, 0.3) is 0 Å². The maximum atomic E-state index is 14.2. The minimum Gasteiger partial charge on any atom is -0.481 e. The molecule has 0 bridgehead atoms. The van der Waals surface area contributed by atoms with Crippen LogP contribution in [-0.4, -0.2) is 31.0 Å². The summed E-state index contributed by atoms with van der Waals surface area (Å²) in [5, 5.41) is 8.20. The highest BCUT2D eigenvalue weighted by molar-refractivity contribution is 6.30. The highest BCUT2D eigenvalue weighted by Gasteiger charge is 2.85. The van der Waals surface area contributed by atoms with Crippen molar-refractivity contribution in [2.45, 2.75) is 26.4 Å². The summed E-state index contributed by atoms with van der Waals surface area (Å²) in [6.07, 6.45) is -5.73. The largest absolute Gasteiger partial charge is 0.481 e. The van der Waals surface area contributed by atoms with Gasteiger partial charge in [-0.05, 0) is 11.8 Å². The molecule has 1 aromatic rings. The second-order valence-corrected chi connectivity index (χ2v) is 7.76.